The highest BCUT2D eigenvalue weighted by atomic mass is 32.2. The summed E-state index contributed by atoms with van der Waals surface area (Å²) in [6.45, 7) is 3.01. The lowest BCUT2D eigenvalue weighted by molar-refractivity contribution is -0.157. The normalized spacial score (nSPS) is 14.4. The van der Waals surface area contributed by atoms with Crippen molar-refractivity contribution in [1.29, 1.82) is 0 Å². The Bertz CT molecular complexity index is 883. The van der Waals surface area contributed by atoms with Crippen LogP contribution in [-0.4, -0.2) is 53.4 Å². The van der Waals surface area contributed by atoms with Gasteiger partial charge in [-0.3, -0.25) is 14.4 Å². The van der Waals surface area contributed by atoms with Gasteiger partial charge in [-0.1, -0.05) is 35.9 Å². The predicted octanol–water partition coefficient (Wildman–Crippen LogP) is 2.53. The Morgan fingerprint density at radius 2 is 1.71 bits per heavy atom. The van der Waals surface area contributed by atoms with E-state index in [2.05, 4.69) is 5.32 Å². The second-order valence-corrected chi connectivity index (χ2v) is 7.60. The molecule has 1 aliphatic rings. The number of carbonyl (C=O) groups is 3. The summed E-state index contributed by atoms with van der Waals surface area (Å²) in [5, 5.41) is 2.78. The summed E-state index contributed by atoms with van der Waals surface area (Å²) in [5.74, 6) is -1.51. The number of nitrogens with zero attached hydrogens (tertiary/aromatic N) is 2. The zero-order valence-electron chi connectivity index (χ0n) is 16.0. The highest BCUT2D eigenvalue weighted by Gasteiger charge is 2.33. The van der Waals surface area contributed by atoms with Crippen LogP contribution < -0.4 is 5.32 Å². The number of piperazine rings is 1. The topological polar surface area (TPSA) is 69.7 Å². The molecule has 0 atom stereocenters. The number of thioether (sulfide) groups is 1. The smallest absolute Gasteiger partial charge is 0.312 e. The fourth-order valence-electron chi connectivity index (χ4n) is 3.01. The van der Waals surface area contributed by atoms with Crippen LogP contribution in [0.5, 0.6) is 0 Å². The molecule has 1 aliphatic heterocycles. The number of hydrogen-bond acceptors (Lipinski definition) is 4. The van der Waals surface area contributed by atoms with Crippen LogP contribution in [0.15, 0.2) is 53.4 Å². The van der Waals surface area contributed by atoms with Crippen LogP contribution in [-0.2, 0) is 20.9 Å². The van der Waals surface area contributed by atoms with Crippen molar-refractivity contribution < 1.29 is 14.4 Å². The van der Waals surface area contributed by atoms with E-state index in [1.165, 1.54) is 9.80 Å². The molecule has 1 heterocycles. The van der Waals surface area contributed by atoms with Crippen LogP contribution in [0.4, 0.5) is 5.69 Å². The molecule has 0 bridgehead atoms. The molecule has 3 amide bonds. The van der Waals surface area contributed by atoms with E-state index in [0.29, 0.717) is 25.3 Å². The first-order valence-corrected chi connectivity index (χ1v) is 10.3. The molecule has 0 unspecified atom stereocenters. The van der Waals surface area contributed by atoms with Gasteiger partial charge in [-0.2, -0.15) is 0 Å². The minimum Gasteiger partial charge on any atom is -0.328 e. The van der Waals surface area contributed by atoms with Crippen molar-refractivity contribution >= 4 is 35.2 Å². The van der Waals surface area contributed by atoms with Crippen molar-refractivity contribution in [2.24, 2.45) is 0 Å². The summed E-state index contributed by atoms with van der Waals surface area (Å²) in [4.78, 5) is 41.0. The van der Waals surface area contributed by atoms with Gasteiger partial charge in [0.15, 0.2) is 0 Å². The SMILES string of the molecule is CSc1cccc(NC(=O)CN2CCN(Cc3ccc(C)cc3)C(=O)C2=O)c1. The lowest BCUT2D eigenvalue weighted by atomic mass is 10.1. The number of rotatable bonds is 6. The van der Waals surface area contributed by atoms with Crippen LogP contribution in [0, 0.1) is 6.92 Å². The fourth-order valence-corrected chi connectivity index (χ4v) is 3.46. The van der Waals surface area contributed by atoms with E-state index in [4.69, 9.17) is 0 Å². The Kier molecular flexibility index (Phi) is 6.36. The first-order chi connectivity index (χ1) is 13.5. The summed E-state index contributed by atoms with van der Waals surface area (Å²) < 4.78 is 0. The Labute approximate surface area is 168 Å². The van der Waals surface area contributed by atoms with Crippen molar-refractivity contribution in [3.63, 3.8) is 0 Å². The van der Waals surface area contributed by atoms with Gasteiger partial charge >= 0.3 is 11.8 Å². The van der Waals surface area contributed by atoms with Crippen LogP contribution in [0.1, 0.15) is 11.1 Å². The Morgan fingerprint density at radius 1 is 1.04 bits per heavy atom. The minimum absolute atomic E-state index is 0.132. The van der Waals surface area contributed by atoms with Gasteiger partial charge in [-0.15, -0.1) is 11.8 Å². The van der Waals surface area contributed by atoms with Crippen molar-refractivity contribution in [3.05, 3.63) is 59.7 Å². The van der Waals surface area contributed by atoms with Crippen LogP contribution in [0.3, 0.4) is 0 Å². The number of anilines is 1. The number of amides is 3. The average molecular weight is 398 g/mol. The molecule has 3 rings (SSSR count). The maximum absolute atomic E-state index is 12.4. The summed E-state index contributed by atoms with van der Waals surface area (Å²) in [5.41, 5.74) is 2.80. The van der Waals surface area contributed by atoms with Gasteiger partial charge in [0.2, 0.25) is 5.91 Å². The molecule has 0 aliphatic carbocycles. The minimum atomic E-state index is -0.633. The Hall–Kier alpha value is -2.80. The van der Waals surface area contributed by atoms with E-state index < -0.39 is 11.8 Å². The first kappa shape index (κ1) is 19.9. The molecule has 0 aromatic heterocycles. The molecule has 0 radical (unpaired) electrons. The third-order valence-corrected chi connectivity index (χ3v) is 5.30. The summed E-state index contributed by atoms with van der Waals surface area (Å²) in [6.07, 6.45) is 1.96. The van der Waals surface area contributed by atoms with Gasteiger partial charge in [0.1, 0.15) is 6.54 Å². The summed E-state index contributed by atoms with van der Waals surface area (Å²) in [6, 6.07) is 15.3. The Balaban J connectivity index is 1.56. The zero-order chi connectivity index (χ0) is 20.1. The predicted molar refractivity (Wildman–Crippen MR) is 110 cm³/mol. The maximum Gasteiger partial charge on any atom is 0.312 e. The molecule has 1 N–H and O–H groups in total. The number of aryl methyl sites for hydroxylation is 1. The second kappa shape index (κ2) is 8.93. The maximum atomic E-state index is 12.4. The molecular weight excluding hydrogens is 374 g/mol. The molecule has 28 heavy (non-hydrogen) atoms. The summed E-state index contributed by atoms with van der Waals surface area (Å²) in [7, 11) is 0. The molecule has 1 fully saturated rings. The third-order valence-electron chi connectivity index (χ3n) is 4.58. The molecule has 146 valence electrons. The number of benzene rings is 2. The van der Waals surface area contributed by atoms with Gasteiger partial charge in [0.25, 0.3) is 0 Å². The number of nitrogens with one attached hydrogen (secondary N) is 1. The van der Waals surface area contributed by atoms with Crippen LogP contribution >= 0.6 is 11.8 Å². The van der Waals surface area contributed by atoms with Gasteiger partial charge in [-0.05, 0) is 36.9 Å². The van der Waals surface area contributed by atoms with E-state index in [1.54, 1.807) is 17.8 Å². The van der Waals surface area contributed by atoms with E-state index >= 15 is 0 Å². The highest BCUT2D eigenvalue weighted by molar-refractivity contribution is 7.98. The van der Waals surface area contributed by atoms with Crippen molar-refractivity contribution in [3.8, 4) is 0 Å². The van der Waals surface area contributed by atoms with E-state index in [9.17, 15) is 14.4 Å². The zero-order valence-corrected chi connectivity index (χ0v) is 16.8. The van der Waals surface area contributed by atoms with Gasteiger partial charge in [0, 0.05) is 30.2 Å². The quantitative estimate of drug-likeness (QED) is 0.601. The molecule has 6 nitrogen and oxygen atoms in total. The Morgan fingerprint density at radius 3 is 2.43 bits per heavy atom. The van der Waals surface area contributed by atoms with Crippen molar-refractivity contribution in [1.82, 2.24) is 9.80 Å². The van der Waals surface area contributed by atoms with Gasteiger partial charge in [-0.25, -0.2) is 0 Å². The second-order valence-electron chi connectivity index (χ2n) is 6.72. The molecule has 1 saturated heterocycles. The van der Waals surface area contributed by atoms with E-state index in [0.717, 1.165) is 16.0 Å². The monoisotopic (exact) mass is 397 g/mol. The average Bonchev–Trinajstić information content (AvgIpc) is 2.69. The summed E-state index contributed by atoms with van der Waals surface area (Å²) >= 11 is 1.58. The van der Waals surface area contributed by atoms with E-state index in [1.807, 2.05) is 55.6 Å². The molecule has 0 spiro atoms. The lowest BCUT2D eigenvalue weighted by Crippen LogP contribution is -2.55. The van der Waals surface area contributed by atoms with E-state index in [-0.39, 0.29) is 12.5 Å². The van der Waals surface area contributed by atoms with Gasteiger partial charge < -0.3 is 15.1 Å². The molecule has 7 heteroatoms. The first-order valence-electron chi connectivity index (χ1n) is 9.04. The lowest BCUT2D eigenvalue weighted by Gasteiger charge is -2.33. The molecule has 2 aromatic rings. The van der Waals surface area contributed by atoms with Gasteiger partial charge in [0.05, 0.1) is 0 Å². The molecular formula is C21H23N3O3S. The largest absolute Gasteiger partial charge is 0.328 e. The molecule has 2 aromatic carbocycles. The molecule has 0 saturated carbocycles. The number of carbonyl (C=O) groups excluding carboxylic acids is 3. The fraction of sp³-hybridized carbons (Fsp3) is 0.286. The van der Waals surface area contributed by atoms with Crippen molar-refractivity contribution in [2.45, 2.75) is 18.4 Å². The van der Waals surface area contributed by atoms with Crippen molar-refractivity contribution in [2.75, 3.05) is 31.2 Å². The third kappa shape index (κ3) is 4.92. The van der Waals surface area contributed by atoms with Crippen LogP contribution in [0.2, 0.25) is 0 Å². The standard InChI is InChI=1S/C21H23N3O3S/c1-15-6-8-16(9-7-15)13-23-10-11-24(21(27)20(23)26)14-19(25)22-17-4-3-5-18(12-17)28-2/h3-9,12H,10-11,13-14H2,1-2H3,(H,22,25). The van der Waals surface area contributed by atoms with Crippen LogP contribution in [0.25, 0.3) is 0 Å². The highest BCUT2D eigenvalue weighted by Crippen LogP contribution is 2.19. The number of hydrogen-bond donors (Lipinski definition) is 1.